The van der Waals surface area contributed by atoms with E-state index in [9.17, 15) is 9.59 Å². The Kier molecular flexibility index (Phi) is 3.40. The minimum Gasteiger partial charge on any atom is -0.326 e. The van der Waals surface area contributed by atoms with Crippen LogP contribution in [0.5, 0.6) is 0 Å². The number of aromatic nitrogens is 3. The summed E-state index contributed by atoms with van der Waals surface area (Å²) in [7, 11) is 0. The molecule has 0 unspecified atom stereocenters. The van der Waals surface area contributed by atoms with E-state index in [2.05, 4.69) is 20.7 Å². The third kappa shape index (κ3) is 2.57. The number of carbonyl (C=O) groups is 2. The lowest BCUT2D eigenvalue weighted by atomic mass is 10.1. The zero-order chi connectivity index (χ0) is 15.9. The van der Waals surface area contributed by atoms with Crippen molar-refractivity contribution in [3.8, 4) is 0 Å². The lowest BCUT2D eigenvalue weighted by Crippen LogP contribution is -2.24. The molecule has 0 spiro atoms. The summed E-state index contributed by atoms with van der Waals surface area (Å²) >= 11 is 0. The van der Waals surface area contributed by atoms with Crippen molar-refractivity contribution in [3.05, 3.63) is 35.2 Å². The van der Waals surface area contributed by atoms with Crippen LogP contribution in [0.25, 0.3) is 0 Å². The molecule has 1 aromatic carbocycles. The molecule has 2 N–H and O–H groups in total. The molecule has 0 aliphatic carbocycles. The molecular formula is C15H17N5O2. The molecule has 0 saturated heterocycles. The summed E-state index contributed by atoms with van der Waals surface area (Å²) in [5.41, 5.74) is 2.80. The fraction of sp³-hybridized carbons (Fsp3) is 0.333. The monoisotopic (exact) mass is 299 g/mol. The zero-order valence-electron chi connectivity index (χ0n) is 12.7. The lowest BCUT2D eigenvalue weighted by molar-refractivity contribution is -0.123. The highest BCUT2D eigenvalue weighted by atomic mass is 16.2. The summed E-state index contributed by atoms with van der Waals surface area (Å²) in [6, 6.07) is 5.19. The van der Waals surface area contributed by atoms with Gasteiger partial charge < -0.3 is 5.32 Å². The number of rotatable bonds is 3. The lowest BCUT2D eigenvalue weighted by Gasteiger charge is -2.12. The first-order chi connectivity index (χ1) is 10.4. The van der Waals surface area contributed by atoms with Gasteiger partial charge in [0.15, 0.2) is 0 Å². The van der Waals surface area contributed by atoms with E-state index in [1.54, 1.807) is 6.92 Å². The van der Waals surface area contributed by atoms with Crippen LogP contribution in [0.15, 0.2) is 18.2 Å². The van der Waals surface area contributed by atoms with Crippen molar-refractivity contribution in [2.45, 2.75) is 33.2 Å². The molecule has 7 nitrogen and oxygen atoms in total. The first kappa shape index (κ1) is 14.2. The predicted molar refractivity (Wildman–Crippen MR) is 81.6 cm³/mol. The number of hydrogen-bond acceptors (Lipinski definition) is 4. The number of fused-ring (bicyclic) bond motifs is 1. The van der Waals surface area contributed by atoms with E-state index in [0.29, 0.717) is 11.8 Å². The maximum atomic E-state index is 12.2. The standard InChI is InChI=1S/C15H17N5O2/c1-8-4-5-9(2)11(6-8)17-13(21)7-12-14(22)18-15-16-10(3)19-20(12)15/h4-6,12H,7H2,1-3H3,(H,17,21)(H,16,18,19,22)/t12-/m0/s1. The van der Waals surface area contributed by atoms with Gasteiger partial charge in [-0.3, -0.25) is 14.9 Å². The number of carbonyl (C=O) groups excluding carboxylic acids is 2. The molecule has 22 heavy (non-hydrogen) atoms. The minimum absolute atomic E-state index is 0.0228. The number of hydrogen-bond donors (Lipinski definition) is 2. The molecule has 114 valence electrons. The van der Waals surface area contributed by atoms with Crippen LogP contribution in [0, 0.1) is 20.8 Å². The summed E-state index contributed by atoms with van der Waals surface area (Å²) < 4.78 is 1.47. The average Bonchev–Trinajstić information content (AvgIpc) is 2.92. The Morgan fingerprint density at radius 2 is 2.14 bits per heavy atom. The van der Waals surface area contributed by atoms with Crippen molar-refractivity contribution in [2.24, 2.45) is 0 Å². The molecule has 1 aromatic heterocycles. The molecule has 0 fully saturated rings. The van der Waals surface area contributed by atoms with E-state index in [-0.39, 0.29) is 18.2 Å². The van der Waals surface area contributed by atoms with E-state index >= 15 is 0 Å². The first-order valence-corrected chi connectivity index (χ1v) is 7.05. The molecule has 1 aliphatic heterocycles. The average molecular weight is 299 g/mol. The van der Waals surface area contributed by atoms with Crippen LogP contribution in [-0.2, 0) is 9.59 Å². The number of amides is 2. The molecular weight excluding hydrogens is 282 g/mol. The Morgan fingerprint density at radius 1 is 1.36 bits per heavy atom. The molecule has 0 saturated carbocycles. The molecule has 1 atom stereocenters. The normalized spacial score (nSPS) is 16.3. The summed E-state index contributed by atoms with van der Waals surface area (Å²) in [4.78, 5) is 28.3. The van der Waals surface area contributed by atoms with E-state index in [0.717, 1.165) is 16.8 Å². The van der Waals surface area contributed by atoms with Crippen molar-refractivity contribution in [1.82, 2.24) is 14.8 Å². The molecule has 2 heterocycles. The molecule has 0 bridgehead atoms. The van der Waals surface area contributed by atoms with Gasteiger partial charge in [0.05, 0.1) is 6.42 Å². The topological polar surface area (TPSA) is 88.9 Å². The fourth-order valence-electron chi connectivity index (χ4n) is 2.46. The SMILES string of the molecule is Cc1ccc(C)c(NC(=O)C[C@H]2C(=O)Nc3nc(C)nn32)c1. The highest BCUT2D eigenvalue weighted by molar-refractivity contribution is 6.01. The Labute approximate surface area is 127 Å². The van der Waals surface area contributed by atoms with Gasteiger partial charge in [-0.1, -0.05) is 12.1 Å². The largest absolute Gasteiger partial charge is 0.326 e. The van der Waals surface area contributed by atoms with Crippen LogP contribution >= 0.6 is 0 Å². The second-order valence-corrected chi connectivity index (χ2v) is 5.50. The highest BCUT2D eigenvalue weighted by Crippen LogP contribution is 2.25. The van der Waals surface area contributed by atoms with Gasteiger partial charge >= 0.3 is 0 Å². The van der Waals surface area contributed by atoms with Crippen molar-refractivity contribution in [2.75, 3.05) is 10.6 Å². The van der Waals surface area contributed by atoms with Gasteiger partial charge in [0.25, 0.3) is 5.91 Å². The maximum absolute atomic E-state index is 12.2. The Balaban J connectivity index is 1.74. The number of nitrogens with zero attached hydrogens (tertiary/aromatic N) is 3. The maximum Gasteiger partial charge on any atom is 0.252 e. The number of anilines is 2. The van der Waals surface area contributed by atoms with E-state index < -0.39 is 6.04 Å². The van der Waals surface area contributed by atoms with Gasteiger partial charge in [0.1, 0.15) is 11.9 Å². The molecule has 0 radical (unpaired) electrons. The Bertz CT molecular complexity index is 765. The van der Waals surface area contributed by atoms with Crippen LogP contribution in [0.2, 0.25) is 0 Å². The van der Waals surface area contributed by atoms with Crippen LogP contribution in [-0.4, -0.2) is 26.6 Å². The number of benzene rings is 1. The van der Waals surface area contributed by atoms with E-state index in [1.807, 2.05) is 32.0 Å². The van der Waals surface area contributed by atoms with Crippen molar-refractivity contribution in [1.29, 1.82) is 0 Å². The Hall–Kier alpha value is -2.70. The zero-order valence-corrected chi connectivity index (χ0v) is 12.7. The quantitative estimate of drug-likeness (QED) is 0.903. The second-order valence-electron chi connectivity index (χ2n) is 5.50. The van der Waals surface area contributed by atoms with Crippen LogP contribution in [0.4, 0.5) is 11.6 Å². The molecule has 3 rings (SSSR count). The Morgan fingerprint density at radius 3 is 2.91 bits per heavy atom. The van der Waals surface area contributed by atoms with Gasteiger partial charge in [-0.2, -0.15) is 10.1 Å². The van der Waals surface area contributed by atoms with E-state index in [4.69, 9.17) is 0 Å². The van der Waals surface area contributed by atoms with Gasteiger partial charge in [0, 0.05) is 5.69 Å². The summed E-state index contributed by atoms with van der Waals surface area (Å²) in [5, 5.41) is 9.64. The number of aryl methyl sites for hydroxylation is 3. The van der Waals surface area contributed by atoms with Gasteiger partial charge in [-0.25, -0.2) is 4.68 Å². The summed E-state index contributed by atoms with van der Waals surface area (Å²) in [6.07, 6.45) is 0.0228. The van der Waals surface area contributed by atoms with E-state index in [1.165, 1.54) is 4.68 Å². The van der Waals surface area contributed by atoms with Crippen molar-refractivity contribution in [3.63, 3.8) is 0 Å². The molecule has 2 aromatic rings. The second kappa shape index (κ2) is 5.25. The fourth-order valence-corrected chi connectivity index (χ4v) is 2.46. The minimum atomic E-state index is -0.652. The number of nitrogens with one attached hydrogen (secondary N) is 2. The third-order valence-corrected chi connectivity index (χ3v) is 3.62. The van der Waals surface area contributed by atoms with Crippen molar-refractivity contribution >= 4 is 23.5 Å². The summed E-state index contributed by atoms with van der Waals surface area (Å²) in [5.74, 6) is 0.475. The third-order valence-electron chi connectivity index (χ3n) is 3.62. The summed E-state index contributed by atoms with van der Waals surface area (Å²) in [6.45, 7) is 5.63. The molecule has 1 aliphatic rings. The highest BCUT2D eigenvalue weighted by Gasteiger charge is 2.34. The predicted octanol–water partition coefficient (Wildman–Crippen LogP) is 1.73. The first-order valence-electron chi connectivity index (χ1n) is 7.05. The van der Waals surface area contributed by atoms with Gasteiger partial charge in [-0.05, 0) is 38.0 Å². The van der Waals surface area contributed by atoms with Crippen LogP contribution < -0.4 is 10.6 Å². The van der Waals surface area contributed by atoms with Gasteiger partial charge in [-0.15, -0.1) is 0 Å². The van der Waals surface area contributed by atoms with Crippen LogP contribution in [0.3, 0.4) is 0 Å². The van der Waals surface area contributed by atoms with Crippen molar-refractivity contribution < 1.29 is 9.59 Å². The molecule has 7 heteroatoms. The van der Waals surface area contributed by atoms with Gasteiger partial charge in [0.2, 0.25) is 11.9 Å². The smallest absolute Gasteiger partial charge is 0.252 e. The molecule has 2 amide bonds. The van der Waals surface area contributed by atoms with Crippen LogP contribution in [0.1, 0.15) is 29.4 Å².